The number of nitrogens with one attached hydrogen (secondary N) is 1. The van der Waals surface area contributed by atoms with Crippen molar-refractivity contribution >= 4 is 11.7 Å². The lowest BCUT2D eigenvalue weighted by Crippen LogP contribution is -2.35. The van der Waals surface area contributed by atoms with Gasteiger partial charge in [0.05, 0.1) is 0 Å². The Kier molecular flexibility index (Phi) is 3.93. The first kappa shape index (κ1) is 12.5. The van der Waals surface area contributed by atoms with Crippen LogP contribution in [0.1, 0.15) is 27.2 Å². The Hall–Kier alpha value is -1.52. The van der Waals surface area contributed by atoms with Gasteiger partial charge in [0.1, 0.15) is 12.4 Å². The molecule has 1 heterocycles. The van der Waals surface area contributed by atoms with Crippen molar-refractivity contribution < 1.29 is 4.79 Å². The molecule has 0 aliphatic carbocycles. The summed E-state index contributed by atoms with van der Waals surface area (Å²) in [6.45, 7) is 7.26. The van der Waals surface area contributed by atoms with E-state index in [1.165, 1.54) is 4.68 Å². The average Bonchev–Trinajstić information content (AvgIpc) is 2.61. The maximum absolute atomic E-state index is 11.6. The fraction of sp³-hybridized carbons (Fsp3) is 0.636. The Bertz CT molecular complexity index is 357. The van der Waals surface area contributed by atoms with Crippen molar-refractivity contribution in [1.82, 2.24) is 15.1 Å². The molecule has 1 aromatic heterocycles. The number of carbonyl (C=O) groups is 1. The number of carbonyl (C=O) groups excluding carboxylic acids is 1. The molecule has 0 fully saturated rings. The predicted molar refractivity (Wildman–Crippen MR) is 63.7 cm³/mol. The lowest BCUT2D eigenvalue weighted by atomic mass is 9.90. The lowest BCUT2D eigenvalue weighted by molar-refractivity contribution is -0.122. The van der Waals surface area contributed by atoms with E-state index in [-0.39, 0.29) is 17.9 Å². The average molecular weight is 224 g/mol. The molecule has 1 rings (SSSR count). The molecule has 0 bridgehead atoms. The topological polar surface area (TPSA) is 72.9 Å². The molecule has 0 saturated carbocycles. The summed E-state index contributed by atoms with van der Waals surface area (Å²) in [6, 6.07) is 1.67. The Morgan fingerprint density at radius 1 is 1.62 bits per heavy atom. The monoisotopic (exact) mass is 224 g/mol. The minimum absolute atomic E-state index is 0.0374. The molecule has 1 amide bonds. The van der Waals surface area contributed by atoms with Gasteiger partial charge in [-0.15, -0.1) is 0 Å². The highest BCUT2D eigenvalue weighted by Gasteiger charge is 2.16. The molecule has 90 valence electrons. The van der Waals surface area contributed by atoms with Gasteiger partial charge < -0.3 is 11.1 Å². The first-order chi connectivity index (χ1) is 7.43. The quantitative estimate of drug-likeness (QED) is 0.784. The third-order valence-corrected chi connectivity index (χ3v) is 2.69. The van der Waals surface area contributed by atoms with Crippen LogP contribution >= 0.6 is 0 Å². The third-order valence-electron chi connectivity index (χ3n) is 2.69. The summed E-state index contributed by atoms with van der Waals surface area (Å²) in [5.74, 6) is 0.395. The summed E-state index contributed by atoms with van der Waals surface area (Å²) in [5, 5.41) is 6.84. The molecule has 0 radical (unpaired) electrons. The fourth-order valence-electron chi connectivity index (χ4n) is 1.13. The second kappa shape index (κ2) is 5.01. The summed E-state index contributed by atoms with van der Waals surface area (Å²) in [6.07, 6.45) is 2.72. The van der Waals surface area contributed by atoms with Crippen LogP contribution in [0.2, 0.25) is 0 Å². The molecule has 5 heteroatoms. The number of aromatic nitrogens is 2. The SMILES string of the molecule is CCC(C)(C)CNC(=O)Cn1ccc(N)n1. The van der Waals surface area contributed by atoms with Crippen molar-refractivity contribution in [2.75, 3.05) is 12.3 Å². The molecule has 0 unspecified atom stereocenters. The van der Waals surface area contributed by atoms with Gasteiger partial charge in [0, 0.05) is 12.7 Å². The van der Waals surface area contributed by atoms with Gasteiger partial charge in [0.2, 0.25) is 5.91 Å². The molecule has 3 N–H and O–H groups in total. The highest BCUT2D eigenvalue weighted by molar-refractivity contribution is 5.75. The summed E-state index contributed by atoms with van der Waals surface area (Å²) < 4.78 is 1.53. The van der Waals surface area contributed by atoms with Gasteiger partial charge >= 0.3 is 0 Å². The van der Waals surface area contributed by atoms with E-state index < -0.39 is 0 Å². The molecule has 0 atom stereocenters. The highest BCUT2D eigenvalue weighted by atomic mass is 16.2. The first-order valence-corrected chi connectivity index (χ1v) is 5.48. The molecule has 5 nitrogen and oxygen atoms in total. The zero-order chi connectivity index (χ0) is 12.2. The number of nitrogens with zero attached hydrogens (tertiary/aromatic N) is 2. The van der Waals surface area contributed by atoms with E-state index in [2.05, 4.69) is 31.2 Å². The van der Waals surface area contributed by atoms with Gasteiger partial charge in [0.15, 0.2) is 0 Å². The number of hydrogen-bond donors (Lipinski definition) is 2. The van der Waals surface area contributed by atoms with E-state index in [0.717, 1.165) is 6.42 Å². The van der Waals surface area contributed by atoms with Crippen LogP contribution in [-0.2, 0) is 11.3 Å². The van der Waals surface area contributed by atoms with Crippen LogP contribution in [0.4, 0.5) is 5.82 Å². The molecule has 0 saturated heterocycles. The van der Waals surface area contributed by atoms with Gasteiger partial charge in [-0.3, -0.25) is 9.48 Å². The Labute approximate surface area is 96.0 Å². The summed E-state index contributed by atoms with van der Waals surface area (Å²) in [7, 11) is 0. The van der Waals surface area contributed by atoms with E-state index in [0.29, 0.717) is 12.4 Å². The number of hydrogen-bond acceptors (Lipinski definition) is 3. The van der Waals surface area contributed by atoms with Crippen molar-refractivity contribution in [1.29, 1.82) is 0 Å². The van der Waals surface area contributed by atoms with Crippen LogP contribution < -0.4 is 11.1 Å². The van der Waals surface area contributed by atoms with Crippen molar-refractivity contribution in [3.8, 4) is 0 Å². The standard InChI is InChI=1S/C11H20N4O/c1-4-11(2,3)8-13-10(16)7-15-6-5-9(12)14-15/h5-6H,4,7-8H2,1-3H3,(H2,12,14)(H,13,16). The second-order valence-electron chi connectivity index (χ2n) is 4.73. The molecular weight excluding hydrogens is 204 g/mol. The van der Waals surface area contributed by atoms with Crippen LogP contribution in [0, 0.1) is 5.41 Å². The Balaban J connectivity index is 2.37. The van der Waals surface area contributed by atoms with Crippen molar-refractivity contribution in [3.05, 3.63) is 12.3 Å². The van der Waals surface area contributed by atoms with E-state index in [1.807, 2.05) is 0 Å². The third kappa shape index (κ3) is 3.92. The summed E-state index contributed by atoms with van der Waals surface area (Å²) in [4.78, 5) is 11.6. The van der Waals surface area contributed by atoms with Gasteiger partial charge in [-0.25, -0.2) is 0 Å². The molecule has 0 aliphatic heterocycles. The van der Waals surface area contributed by atoms with Crippen LogP contribution in [0.25, 0.3) is 0 Å². The zero-order valence-corrected chi connectivity index (χ0v) is 10.2. The number of rotatable bonds is 5. The number of amides is 1. The number of nitrogen functional groups attached to an aromatic ring is 1. The highest BCUT2D eigenvalue weighted by Crippen LogP contribution is 2.17. The number of anilines is 1. The molecule has 0 aromatic carbocycles. The minimum atomic E-state index is -0.0374. The van der Waals surface area contributed by atoms with E-state index in [1.54, 1.807) is 12.3 Å². The smallest absolute Gasteiger partial charge is 0.241 e. The number of nitrogens with two attached hydrogens (primary N) is 1. The zero-order valence-electron chi connectivity index (χ0n) is 10.2. The van der Waals surface area contributed by atoms with Gasteiger partial charge in [-0.1, -0.05) is 20.8 Å². The van der Waals surface area contributed by atoms with Crippen LogP contribution in [-0.4, -0.2) is 22.2 Å². The van der Waals surface area contributed by atoms with Gasteiger partial charge in [-0.05, 0) is 17.9 Å². The van der Waals surface area contributed by atoms with Crippen molar-refractivity contribution in [2.45, 2.75) is 33.7 Å². The molecule has 16 heavy (non-hydrogen) atoms. The fourth-order valence-corrected chi connectivity index (χ4v) is 1.13. The normalized spacial score (nSPS) is 11.4. The van der Waals surface area contributed by atoms with Crippen LogP contribution in [0.3, 0.4) is 0 Å². The summed E-state index contributed by atoms with van der Waals surface area (Å²) >= 11 is 0. The van der Waals surface area contributed by atoms with E-state index >= 15 is 0 Å². The molecule has 0 spiro atoms. The molecule has 1 aromatic rings. The predicted octanol–water partition coefficient (Wildman–Crippen LogP) is 1.02. The molecule has 0 aliphatic rings. The lowest BCUT2D eigenvalue weighted by Gasteiger charge is -2.22. The molecular formula is C11H20N4O. The Morgan fingerprint density at radius 2 is 2.31 bits per heavy atom. The van der Waals surface area contributed by atoms with E-state index in [9.17, 15) is 4.79 Å². The maximum atomic E-state index is 11.6. The van der Waals surface area contributed by atoms with E-state index in [4.69, 9.17) is 5.73 Å². The van der Waals surface area contributed by atoms with Crippen LogP contribution in [0.15, 0.2) is 12.3 Å². The minimum Gasteiger partial charge on any atom is -0.382 e. The first-order valence-electron chi connectivity index (χ1n) is 5.48. The van der Waals surface area contributed by atoms with Crippen LogP contribution in [0.5, 0.6) is 0 Å². The maximum Gasteiger partial charge on any atom is 0.241 e. The van der Waals surface area contributed by atoms with Gasteiger partial charge in [0.25, 0.3) is 0 Å². The largest absolute Gasteiger partial charge is 0.382 e. The second-order valence-corrected chi connectivity index (χ2v) is 4.73. The van der Waals surface area contributed by atoms with Gasteiger partial charge in [-0.2, -0.15) is 5.10 Å². The van der Waals surface area contributed by atoms with Crippen molar-refractivity contribution in [2.24, 2.45) is 5.41 Å². The Morgan fingerprint density at radius 3 is 2.81 bits per heavy atom. The summed E-state index contributed by atoms with van der Waals surface area (Å²) in [5.41, 5.74) is 5.59. The van der Waals surface area contributed by atoms with Crippen molar-refractivity contribution in [3.63, 3.8) is 0 Å².